The summed E-state index contributed by atoms with van der Waals surface area (Å²) in [5.74, 6) is -1.68. The smallest absolute Gasteiger partial charge is 0.232 e. The number of anilines is 1. The van der Waals surface area contributed by atoms with Gasteiger partial charge in [-0.2, -0.15) is 0 Å². The van der Waals surface area contributed by atoms with Crippen LogP contribution in [-0.2, 0) is 16.6 Å². The van der Waals surface area contributed by atoms with E-state index in [1.54, 1.807) is 24.3 Å². The van der Waals surface area contributed by atoms with Crippen LogP contribution in [0, 0.1) is 17.5 Å². The second-order valence-electron chi connectivity index (χ2n) is 7.24. The van der Waals surface area contributed by atoms with Crippen molar-refractivity contribution in [2.45, 2.75) is 6.61 Å². The lowest BCUT2D eigenvalue weighted by molar-refractivity contribution is 0.306. The molecule has 0 saturated heterocycles. The Labute approximate surface area is 182 Å². The van der Waals surface area contributed by atoms with Crippen molar-refractivity contribution >= 4 is 26.7 Å². The maximum atomic E-state index is 13.5. The molecule has 166 valence electrons. The minimum absolute atomic E-state index is 0.115. The van der Waals surface area contributed by atoms with Gasteiger partial charge >= 0.3 is 0 Å². The monoisotopic (exact) mass is 461 g/mol. The number of ether oxygens (including phenoxy) is 1. The first-order valence-corrected chi connectivity index (χ1v) is 11.3. The van der Waals surface area contributed by atoms with E-state index in [-0.39, 0.29) is 23.9 Å². The van der Waals surface area contributed by atoms with E-state index < -0.39 is 21.7 Å². The van der Waals surface area contributed by atoms with E-state index >= 15 is 0 Å². The van der Waals surface area contributed by atoms with Crippen LogP contribution in [0.15, 0.2) is 65.1 Å². The molecule has 32 heavy (non-hydrogen) atoms. The molecule has 0 radical (unpaired) electrons. The van der Waals surface area contributed by atoms with Crippen molar-refractivity contribution in [3.63, 3.8) is 0 Å². The Morgan fingerprint density at radius 3 is 2.31 bits per heavy atom. The highest BCUT2D eigenvalue weighted by molar-refractivity contribution is 7.92. The molecule has 0 spiro atoms. The van der Waals surface area contributed by atoms with Gasteiger partial charge in [-0.05, 0) is 54.1 Å². The summed E-state index contributed by atoms with van der Waals surface area (Å²) < 4.78 is 76.9. The van der Waals surface area contributed by atoms with Crippen molar-refractivity contribution in [2.24, 2.45) is 0 Å². The third-order valence-electron chi connectivity index (χ3n) is 4.94. The topological polar surface area (TPSA) is 59.8 Å². The average molecular weight is 461 g/mol. The Bertz CT molecular complexity index is 1400. The summed E-state index contributed by atoms with van der Waals surface area (Å²) in [6.07, 6.45) is 1.04. The average Bonchev–Trinajstić information content (AvgIpc) is 3.16. The lowest BCUT2D eigenvalue weighted by Gasteiger charge is -2.20. The van der Waals surface area contributed by atoms with Gasteiger partial charge in [0.05, 0.1) is 11.9 Å². The second-order valence-corrected chi connectivity index (χ2v) is 9.26. The maximum Gasteiger partial charge on any atom is 0.232 e. The van der Waals surface area contributed by atoms with Crippen molar-refractivity contribution in [2.75, 3.05) is 17.6 Å². The van der Waals surface area contributed by atoms with E-state index in [4.69, 9.17) is 9.15 Å². The van der Waals surface area contributed by atoms with Gasteiger partial charge in [0.1, 0.15) is 29.5 Å². The molecule has 0 fully saturated rings. The van der Waals surface area contributed by atoms with Crippen molar-refractivity contribution in [1.29, 1.82) is 0 Å². The summed E-state index contributed by atoms with van der Waals surface area (Å²) >= 11 is 0. The van der Waals surface area contributed by atoms with Gasteiger partial charge < -0.3 is 9.15 Å². The molecule has 0 saturated carbocycles. The van der Waals surface area contributed by atoms with E-state index in [2.05, 4.69) is 0 Å². The van der Waals surface area contributed by atoms with Crippen molar-refractivity contribution in [1.82, 2.24) is 0 Å². The molecule has 0 bridgehead atoms. The molecule has 0 atom stereocenters. The van der Waals surface area contributed by atoms with Crippen molar-refractivity contribution in [3.8, 4) is 17.1 Å². The molecule has 4 aromatic rings. The zero-order chi connectivity index (χ0) is 23.0. The molecule has 0 aliphatic carbocycles. The molecule has 0 aliphatic heterocycles. The summed E-state index contributed by atoms with van der Waals surface area (Å²) in [5.41, 5.74) is 1.62. The summed E-state index contributed by atoms with van der Waals surface area (Å²) in [6, 6.07) is 14.0. The fourth-order valence-electron chi connectivity index (χ4n) is 3.14. The van der Waals surface area contributed by atoms with Gasteiger partial charge in [0.15, 0.2) is 11.6 Å². The molecule has 0 aliphatic rings. The summed E-state index contributed by atoms with van der Waals surface area (Å²) in [7, 11) is -2.27. The second kappa shape index (κ2) is 8.23. The Morgan fingerprint density at radius 2 is 1.66 bits per heavy atom. The largest absolute Gasteiger partial charge is 0.487 e. The third kappa shape index (κ3) is 4.43. The van der Waals surface area contributed by atoms with E-state index in [1.807, 2.05) is 0 Å². The van der Waals surface area contributed by atoms with Crippen LogP contribution < -0.4 is 9.04 Å². The number of sulfonamides is 1. The molecule has 9 heteroatoms. The van der Waals surface area contributed by atoms with E-state index in [0.717, 1.165) is 22.7 Å². The van der Waals surface area contributed by atoms with Gasteiger partial charge in [-0.1, -0.05) is 6.07 Å². The summed E-state index contributed by atoms with van der Waals surface area (Å²) in [6.45, 7) is -0.115. The molecule has 5 nitrogen and oxygen atoms in total. The predicted octanol–water partition coefficient (Wildman–Crippen LogP) is 5.49. The first-order chi connectivity index (χ1) is 15.1. The molecule has 4 rings (SSSR count). The highest BCUT2D eigenvalue weighted by Gasteiger charge is 2.20. The molecule has 0 amide bonds. The zero-order valence-electron chi connectivity index (χ0n) is 17.1. The third-order valence-corrected chi connectivity index (χ3v) is 6.13. The SMILES string of the molecule is CN(c1cc2oc(-c3ccc(F)cc3)cc2cc1OCc1ccc(F)c(F)c1)S(C)(=O)=O. The van der Waals surface area contributed by atoms with Crippen LogP contribution in [0.2, 0.25) is 0 Å². The molecule has 1 heterocycles. The first-order valence-electron chi connectivity index (χ1n) is 9.46. The zero-order valence-corrected chi connectivity index (χ0v) is 17.9. The maximum absolute atomic E-state index is 13.5. The predicted molar refractivity (Wildman–Crippen MR) is 116 cm³/mol. The minimum Gasteiger partial charge on any atom is -0.487 e. The Hall–Kier alpha value is -3.46. The highest BCUT2D eigenvalue weighted by atomic mass is 32.2. The van der Waals surface area contributed by atoms with Crippen LogP contribution in [0.3, 0.4) is 0 Å². The number of furan rings is 1. The highest BCUT2D eigenvalue weighted by Crippen LogP contribution is 2.38. The number of benzene rings is 3. The fourth-order valence-corrected chi connectivity index (χ4v) is 3.64. The molecule has 3 aromatic carbocycles. The molecular weight excluding hydrogens is 443 g/mol. The van der Waals surface area contributed by atoms with Gasteiger partial charge in [0.2, 0.25) is 10.0 Å². The van der Waals surface area contributed by atoms with Crippen molar-refractivity contribution < 1.29 is 30.7 Å². The van der Waals surface area contributed by atoms with E-state index in [9.17, 15) is 21.6 Å². The quantitative estimate of drug-likeness (QED) is 0.381. The Balaban J connectivity index is 1.75. The van der Waals surface area contributed by atoms with Crippen LogP contribution in [0.5, 0.6) is 5.75 Å². The molecule has 0 unspecified atom stereocenters. The number of halogens is 3. The molecular formula is C23H18F3NO4S. The lowest BCUT2D eigenvalue weighted by atomic mass is 10.1. The standard InChI is InChI=1S/C23H18F3NO4S/c1-27(32(2,28)29)20-12-22-16(10-21(31-22)15-4-6-17(24)7-5-15)11-23(20)30-13-14-3-8-18(25)19(26)9-14/h3-12H,13H2,1-2H3. The van der Waals surface area contributed by atoms with Crippen LogP contribution in [0.1, 0.15) is 5.56 Å². The van der Waals surface area contributed by atoms with Crippen LogP contribution >= 0.6 is 0 Å². The van der Waals surface area contributed by atoms with Gasteiger partial charge in [0, 0.05) is 24.1 Å². The number of hydrogen-bond acceptors (Lipinski definition) is 4. The lowest BCUT2D eigenvalue weighted by Crippen LogP contribution is -2.25. The number of rotatable bonds is 6. The molecule has 0 N–H and O–H groups in total. The first kappa shape index (κ1) is 21.8. The summed E-state index contributed by atoms with van der Waals surface area (Å²) in [4.78, 5) is 0. The number of nitrogens with zero attached hydrogens (tertiary/aromatic N) is 1. The van der Waals surface area contributed by atoms with Crippen LogP contribution in [0.4, 0.5) is 18.9 Å². The number of hydrogen-bond donors (Lipinski definition) is 0. The minimum atomic E-state index is -3.63. The number of fused-ring (bicyclic) bond motifs is 1. The van der Waals surface area contributed by atoms with Gasteiger partial charge in [-0.25, -0.2) is 21.6 Å². The Morgan fingerprint density at radius 1 is 0.938 bits per heavy atom. The molecule has 1 aromatic heterocycles. The van der Waals surface area contributed by atoms with Gasteiger partial charge in [-0.3, -0.25) is 4.31 Å². The van der Waals surface area contributed by atoms with E-state index in [0.29, 0.717) is 27.9 Å². The van der Waals surface area contributed by atoms with Gasteiger partial charge in [-0.15, -0.1) is 0 Å². The van der Waals surface area contributed by atoms with Crippen molar-refractivity contribution in [3.05, 3.63) is 83.7 Å². The van der Waals surface area contributed by atoms with Crippen LogP contribution in [-0.4, -0.2) is 21.7 Å². The normalized spacial score (nSPS) is 11.7. The van der Waals surface area contributed by atoms with Crippen LogP contribution in [0.25, 0.3) is 22.3 Å². The van der Waals surface area contributed by atoms with E-state index in [1.165, 1.54) is 31.3 Å². The fraction of sp³-hybridized carbons (Fsp3) is 0.130. The van der Waals surface area contributed by atoms with Gasteiger partial charge in [0.25, 0.3) is 0 Å². The summed E-state index contributed by atoms with van der Waals surface area (Å²) in [5, 5.41) is 0.621. The Kier molecular flexibility index (Phi) is 5.60.